The molecule has 0 heteroatoms. The molecule has 0 amide bonds. The summed E-state index contributed by atoms with van der Waals surface area (Å²) in [5, 5.41) is 5.40. The highest BCUT2D eigenvalue weighted by Gasteiger charge is 2.27. The molecule has 0 saturated carbocycles. The fraction of sp³-hybridized carbons (Fsp3) is 0.0556. The maximum Gasteiger partial charge on any atom is 0.0814 e. The second-order valence-electron chi connectivity index (χ2n) is 4.80. The summed E-state index contributed by atoms with van der Waals surface area (Å²) >= 11 is 0. The van der Waals surface area contributed by atoms with Crippen LogP contribution in [0.25, 0.3) is 22.9 Å². The molecule has 0 saturated heterocycles. The van der Waals surface area contributed by atoms with Crippen molar-refractivity contribution in [3.63, 3.8) is 0 Å². The first-order valence-corrected chi connectivity index (χ1v) is 6.34. The van der Waals surface area contributed by atoms with Gasteiger partial charge in [-0.1, -0.05) is 6.07 Å². The summed E-state index contributed by atoms with van der Waals surface area (Å²) in [5.74, 6) is 1.36. The number of rotatable bonds is 0. The van der Waals surface area contributed by atoms with Crippen LogP contribution in [0.4, 0.5) is 0 Å². The predicted molar refractivity (Wildman–Crippen MR) is 77.4 cm³/mol. The minimum atomic E-state index is 1.33. The van der Waals surface area contributed by atoms with Gasteiger partial charge in [-0.25, -0.2) is 0 Å². The van der Waals surface area contributed by atoms with Gasteiger partial charge in [0.1, 0.15) is 0 Å². The summed E-state index contributed by atoms with van der Waals surface area (Å²) in [4.78, 5) is 0. The summed E-state index contributed by atoms with van der Waals surface area (Å²) in [6.07, 6.45) is 11.1. The van der Waals surface area contributed by atoms with E-state index in [1.807, 2.05) is 0 Å². The molecule has 18 heavy (non-hydrogen) atoms. The predicted octanol–water partition coefficient (Wildman–Crippen LogP) is 2.85. The van der Waals surface area contributed by atoms with Crippen molar-refractivity contribution < 1.29 is 0 Å². The SMILES string of the molecule is C/C=C1/C=c2cccc3ccc4c(c23)[C+]1C=CC=4. The van der Waals surface area contributed by atoms with E-state index < -0.39 is 0 Å². The van der Waals surface area contributed by atoms with E-state index in [-0.39, 0.29) is 0 Å². The minimum absolute atomic E-state index is 1.33. The third-order valence-corrected chi connectivity index (χ3v) is 3.85. The van der Waals surface area contributed by atoms with Crippen molar-refractivity contribution in [1.82, 2.24) is 0 Å². The Morgan fingerprint density at radius 2 is 2.00 bits per heavy atom. The molecule has 0 fully saturated rings. The van der Waals surface area contributed by atoms with Crippen LogP contribution in [0, 0.1) is 5.92 Å². The molecular formula is C18H13+. The van der Waals surface area contributed by atoms with E-state index in [1.54, 1.807) is 0 Å². The molecule has 2 aromatic carbocycles. The average molecular weight is 229 g/mol. The molecular weight excluding hydrogens is 216 g/mol. The molecule has 0 nitrogen and oxygen atoms in total. The number of hydrogen-bond donors (Lipinski definition) is 0. The zero-order valence-corrected chi connectivity index (χ0v) is 10.3. The Bertz CT molecular complexity index is 832. The van der Waals surface area contributed by atoms with Gasteiger partial charge in [0, 0.05) is 34.1 Å². The Morgan fingerprint density at radius 1 is 1.06 bits per heavy atom. The van der Waals surface area contributed by atoms with E-state index in [9.17, 15) is 0 Å². The summed E-state index contributed by atoms with van der Waals surface area (Å²) in [5.41, 5.74) is 2.73. The molecule has 2 aromatic rings. The highest BCUT2D eigenvalue weighted by Crippen LogP contribution is 2.32. The van der Waals surface area contributed by atoms with Gasteiger partial charge in [-0.05, 0) is 43.3 Å². The Kier molecular flexibility index (Phi) is 1.84. The van der Waals surface area contributed by atoms with Crippen LogP contribution >= 0.6 is 0 Å². The zero-order valence-electron chi connectivity index (χ0n) is 10.3. The maximum absolute atomic E-state index is 2.30. The van der Waals surface area contributed by atoms with Crippen LogP contribution in [0.2, 0.25) is 0 Å². The van der Waals surface area contributed by atoms with Crippen LogP contribution in [0.15, 0.2) is 54.1 Å². The molecule has 0 unspecified atom stereocenters. The van der Waals surface area contributed by atoms with Crippen molar-refractivity contribution in [3.8, 4) is 0 Å². The van der Waals surface area contributed by atoms with Gasteiger partial charge in [0.25, 0.3) is 0 Å². The van der Waals surface area contributed by atoms with Gasteiger partial charge < -0.3 is 0 Å². The van der Waals surface area contributed by atoms with Crippen LogP contribution in [0.5, 0.6) is 0 Å². The highest BCUT2D eigenvalue weighted by molar-refractivity contribution is 5.95. The largest absolute Gasteiger partial charge is 0.0814 e. The molecule has 0 atom stereocenters. The summed E-state index contributed by atoms with van der Waals surface area (Å²) in [6.45, 7) is 2.11. The molecule has 2 aliphatic rings. The van der Waals surface area contributed by atoms with Crippen molar-refractivity contribution in [3.05, 3.63) is 76.1 Å². The van der Waals surface area contributed by atoms with E-state index in [2.05, 4.69) is 67.6 Å². The molecule has 0 aliphatic heterocycles. The second kappa shape index (κ2) is 3.39. The molecule has 2 aliphatic carbocycles. The fourth-order valence-corrected chi connectivity index (χ4v) is 3.03. The highest BCUT2D eigenvalue weighted by atomic mass is 14.2. The van der Waals surface area contributed by atoms with Gasteiger partial charge in [-0.15, -0.1) is 0 Å². The summed E-state index contributed by atoms with van der Waals surface area (Å²) in [6, 6.07) is 11.0. The van der Waals surface area contributed by atoms with Crippen molar-refractivity contribution >= 4 is 22.9 Å². The van der Waals surface area contributed by atoms with E-state index in [0.717, 1.165) is 0 Å². The zero-order chi connectivity index (χ0) is 12.1. The lowest BCUT2D eigenvalue weighted by Crippen LogP contribution is -2.24. The third-order valence-electron chi connectivity index (χ3n) is 3.85. The molecule has 0 radical (unpaired) electrons. The van der Waals surface area contributed by atoms with Crippen molar-refractivity contribution in [2.24, 2.45) is 0 Å². The monoisotopic (exact) mass is 229 g/mol. The molecule has 0 N–H and O–H groups in total. The van der Waals surface area contributed by atoms with E-state index in [4.69, 9.17) is 0 Å². The van der Waals surface area contributed by atoms with Gasteiger partial charge in [-0.3, -0.25) is 0 Å². The van der Waals surface area contributed by atoms with E-state index >= 15 is 0 Å². The van der Waals surface area contributed by atoms with Crippen molar-refractivity contribution in [1.29, 1.82) is 0 Å². The normalized spacial score (nSPS) is 17.8. The minimum Gasteiger partial charge on any atom is -0.0593 e. The van der Waals surface area contributed by atoms with E-state index in [0.29, 0.717) is 0 Å². The molecule has 0 spiro atoms. The van der Waals surface area contributed by atoms with Gasteiger partial charge in [-0.2, -0.15) is 0 Å². The van der Waals surface area contributed by atoms with Gasteiger partial charge >= 0.3 is 0 Å². The lowest BCUT2D eigenvalue weighted by Gasteiger charge is -2.18. The Labute approximate surface area is 106 Å². The first-order chi connectivity index (χ1) is 8.88. The van der Waals surface area contributed by atoms with Crippen molar-refractivity contribution in [2.75, 3.05) is 0 Å². The first kappa shape index (κ1) is 9.78. The number of hydrogen-bond acceptors (Lipinski definition) is 0. The fourth-order valence-electron chi connectivity index (χ4n) is 3.03. The molecule has 0 bridgehead atoms. The second-order valence-corrected chi connectivity index (χ2v) is 4.80. The smallest absolute Gasteiger partial charge is 0.0593 e. The van der Waals surface area contributed by atoms with Crippen LogP contribution in [0.3, 0.4) is 0 Å². The van der Waals surface area contributed by atoms with Gasteiger partial charge in [0.2, 0.25) is 0 Å². The Hall–Kier alpha value is -2.21. The Morgan fingerprint density at radius 3 is 2.89 bits per heavy atom. The Balaban J connectivity index is 2.34. The van der Waals surface area contributed by atoms with Crippen LogP contribution in [-0.4, -0.2) is 0 Å². The lowest BCUT2D eigenvalue weighted by molar-refractivity contribution is 1.27. The third kappa shape index (κ3) is 1.12. The van der Waals surface area contributed by atoms with Crippen LogP contribution < -0.4 is 10.4 Å². The van der Waals surface area contributed by atoms with Crippen LogP contribution in [0.1, 0.15) is 12.5 Å². The lowest BCUT2D eigenvalue weighted by atomic mass is 9.79. The average Bonchev–Trinajstić information content (AvgIpc) is 2.44. The number of allylic oxidation sites excluding steroid dienone is 4. The standard InChI is InChI=1S/C18H13/c1-2-12-11-15-7-3-5-13-9-10-14-6-4-8-16(12)18(14)17(13)15/h2-11H,1H3/q+1/b12-2-. The van der Waals surface area contributed by atoms with Gasteiger partial charge in [0.15, 0.2) is 0 Å². The molecule has 4 rings (SSSR count). The van der Waals surface area contributed by atoms with Gasteiger partial charge in [0.05, 0.1) is 22.4 Å². The quantitative estimate of drug-likeness (QED) is 0.609. The number of benzene rings is 2. The molecule has 0 aromatic heterocycles. The molecule has 0 heterocycles. The first-order valence-electron chi connectivity index (χ1n) is 6.34. The summed E-state index contributed by atoms with van der Waals surface area (Å²) < 4.78 is 0. The molecule has 84 valence electrons. The maximum atomic E-state index is 2.30. The van der Waals surface area contributed by atoms with Crippen LogP contribution in [-0.2, 0) is 0 Å². The topological polar surface area (TPSA) is 0 Å². The summed E-state index contributed by atoms with van der Waals surface area (Å²) in [7, 11) is 0. The van der Waals surface area contributed by atoms with Crippen molar-refractivity contribution in [2.45, 2.75) is 6.92 Å². The van der Waals surface area contributed by atoms with E-state index in [1.165, 1.54) is 38.3 Å².